The summed E-state index contributed by atoms with van der Waals surface area (Å²) in [5.41, 5.74) is 2.66. The highest BCUT2D eigenvalue weighted by Gasteiger charge is 2.28. The van der Waals surface area contributed by atoms with Crippen LogP contribution in [0.3, 0.4) is 0 Å². The van der Waals surface area contributed by atoms with Crippen LogP contribution in [0.2, 0.25) is 5.02 Å². The van der Waals surface area contributed by atoms with Gasteiger partial charge in [-0.05, 0) is 72.2 Å². The quantitative estimate of drug-likeness (QED) is 0.686. The van der Waals surface area contributed by atoms with E-state index >= 15 is 0 Å². The Labute approximate surface area is 168 Å². The van der Waals surface area contributed by atoms with Gasteiger partial charge in [-0.3, -0.25) is 0 Å². The maximum absolute atomic E-state index is 12.6. The van der Waals surface area contributed by atoms with E-state index in [4.69, 9.17) is 11.6 Å². The fourth-order valence-corrected chi connectivity index (χ4v) is 3.13. The van der Waals surface area contributed by atoms with E-state index in [0.29, 0.717) is 16.8 Å². The van der Waals surface area contributed by atoms with Gasteiger partial charge < -0.3 is 10.2 Å². The Balaban J connectivity index is 1.42. The van der Waals surface area contributed by atoms with Crippen LogP contribution < -0.4 is 5.32 Å². The molecule has 1 aliphatic rings. The standard InChI is InChI=1S/C20H21ClN6O/c1-13(14-3-7-16(21)8-4-14)26(2)20(28)22-17-9-5-15(6-10-17)19-23-24-25-27(19)18-11-12-18/h3-10,13,18H,11-12H2,1-2H3,(H,22,28). The van der Waals surface area contributed by atoms with E-state index in [1.165, 1.54) is 0 Å². The molecule has 144 valence electrons. The van der Waals surface area contributed by atoms with Crippen LogP contribution in [0.25, 0.3) is 11.4 Å². The van der Waals surface area contributed by atoms with Crippen molar-refractivity contribution >= 4 is 23.3 Å². The zero-order valence-electron chi connectivity index (χ0n) is 15.7. The van der Waals surface area contributed by atoms with E-state index < -0.39 is 0 Å². The number of hydrogen-bond donors (Lipinski definition) is 1. The number of urea groups is 1. The predicted molar refractivity (Wildman–Crippen MR) is 108 cm³/mol. The van der Waals surface area contributed by atoms with Gasteiger partial charge in [-0.15, -0.1) is 5.10 Å². The summed E-state index contributed by atoms with van der Waals surface area (Å²) in [4.78, 5) is 14.3. The van der Waals surface area contributed by atoms with E-state index in [2.05, 4.69) is 20.8 Å². The number of nitrogens with zero attached hydrogens (tertiary/aromatic N) is 5. The smallest absolute Gasteiger partial charge is 0.321 e. The number of hydrogen-bond acceptors (Lipinski definition) is 4. The fourth-order valence-electron chi connectivity index (χ4n) is 3.00. The molecule has 1 heterocycles. The van der Waals surface area contributed by atoms with Gasteiger partial charge in [0.25, 0.3) is 0 Å². The summed E-state index contributed by atoms with van der Waals surface area (Å²) in [6.45, 7) is 1.98. The van der Waals surface area contributed by atoms with Crippen molar-refractivity contribution in [3.05, 3.63) is 59.1 Å². The molecule has 4 rings (SSSR count). The molecule has 3 aromatic rings. The van der Waals surface area contributed by atoms with Gasteiger partial charge in [0.1, 0.15) is 0 Å². The van der Waals surface area contributed by atoms with Crippen LogP contribution >= 0.6 is 11.6 Å². The normalized spacial score (nSPS) is 14.5. The van der Waals surface area contributed by atoms with Crippen molar-refractivity contribution in [2.24, 2.45) is 0 Å². The Morgan fingerprint density at radius 2 is 1.86 bits per heavy atom. The molecule has 1 saturated carbocycles. The first kappa shape index (κ1) is 18.4. The van der Waals surface area contributed by atoms with Gasteiger partial charge >= 0.3 is 6.03 Å². The van der Waals surface area contributed by atoms with Crippen LogP contribution in [0.4, 0.5) is 10.5 Å². The van der Waals surface area contributed by atoms with Crippen molar-refractivity contribution < 1.29 is 4.79 Å². The summed E-state index contributed by atoms with van der Waals surface area (Å²) >= 11 is 5.94. The minimum Gasteiger partial charge on any atom is -0.321 e. The first-order chi connectivity index (χ1) is 13.5. The first-order valence-electron chi connectivity index (χ1n) is 9.20. The lowest BCUT2D eigenvalue weighted by molar-refractivity contribution is 0.208. The average molecular weight is 397 g/mol. The molecule has 28 heavy (non-hydrogen) atoms. The number of amides is 2. The van der Waals surface area contributed by atoms with E-state index in [-0.39, 0.29) is 12.1 Å². The number of aromatic nitrogens is 4. The van der Waals surface area contributed by atoms with E-state index in [9.17, 15) is 4.79 Å². The molecular formula is C20H21ClN6O. The van der Waals surface area contributed by atoms with E-state index in [1.54, 1.807) is 11.9 Å². The number of tetrazole rings is 1. The van der Waals surface area contributed by atoms with Crippen LogP contribution in [0, 0.1) is 0 Å². The second kappa shape index (κ2) is 7.59. The molecule has 1 fully saturated rings. The molecule has 0 aliphatic heterocycles. The molecule has 8 heteroatoms. The van der Waals surface area contributed by atoms with Crippen LogP contribution in [-0.2, 0) is 0 Å². The number of carbonyl (C=O) groups excluding carboxylic acids is 1. The van der Waals surface area contributed by atoms with E-state index in [1.807, 2.05) is 60.1 Å². The maximum atomic E-state index is 12.6. The van der Waals surface area contributed by atoms with Gasteiger partial charge in [-0.2, -0.15) is 0 Å². The zero-order chi connectivity index (χ0) is 19.7. The molecule has 1 atom stereocenters. The molecule has 2 amide bonds. The maximum Gasteiger partial charge on any atom is 0.322 e. The summed E-state index contributed by atoms with van der Waals surface area (Å²) in [6, 6.07) is 15.2. The van der Waals surface area contributed by atoms with Crippen molar-refractivity contribution in [1.82, 2.24) is 25.1 Å². The number of nitrogens with one attached hydrogen (secondary N) is 1. The summed E-state index contributed by atoms with van der Waals surface area (Å²) in [5.74, 6) is 0.758. The van der Waals surface area contributed by atoms with Crippen molar-refractivity contribution in [1.29, 1.82) is 0 Å². The van der Waals surface area contributed by atoms with Crippen molar-refractivity contribution in [2.45, 2.75) is 31.8 Å². The SMILES string of the molecule is CC(c1ccc(Cl)cc1)N(C)C(=O)Nc1ccc(-c2nnnn2C2CC2)cc1. The third-order valence-electron chi connectivity index (χ3n) is 5.03. The van der Waals surface area contributed by atoms with Gasteiger partial charge in [-0.1, -0.05) is 23.7 Å². The second-order valence-electron chi connectivity index (χ2n) is 7.02. The molecule has 1 N–H and O–H groups in total. The molecule has 7 nitrogen and oxygen atoms in total. The molecule has 0 bridgehead atoms. The molecule has 1 unspecified atom stereocenters. The van der Waals surface area contributed by atoms with Gasteiger partial charge in [0.05, 0.1) is 12.1 Å². The Hall–Kier alpha value is -2.93. The molecule has 1 aliphatic carbocycles. The lowest BCUT2D eigenvalue weighted by Gasteiger charge is -2.25. The number of carbonyl (C=O) groups is 1. The zero-order valence-corrected chi connectivity index (χ0v) is 16.5. The van der Waals surface area contributed by atoms with Gasteiger partial charge in [0.2, 0.25) is 0 Å². The number of anilines is 1. The summed E-state index contributed by atoms with van der Waals surface area (Å²) in [6.07, 6.45) is 2.23. The van der Waals surface area contributed by atoms with Gasteiger partial charge in [0.15, 0.2) is 5.82 Å². The van der Waals surface area contributed by atoms with Crippen molar-refractivity contribution in [2.75, 3.05) is 12.4 Å². The Kier molecular flexibility index (Phi) is 5.00. The number of rotatable bonds is 5. The average Bonchev–Trinajstić information content (AvgIpc) is 3.44. The van der Waals surface area contributed by atoms with Gasteiger partial charge in [0, 0.05) is 23.3 Å². The van der Waals surface area contributed by atoms with Crippen LogP contribution in [0.15, 0.2) is 48.5 Å². The lowest BCUT2D eigenvalue weighted by Crippen LogP contribution is -2.33. The Bertz CT molecular complexity index is 965. The largest absolute Gasteiger partial charge is 0.322 e. The van der Waals surface area contributed by atoms with Crippen LogP contribution in [-0.4, -0.2) is 38.2 Å². The molecule has 2 aromatic carbocycles. The Morgan fingerprint density at radius 3 is 2.50 bits per heavy atom. The fraction of sp³-hybridized carbons (Fsp3) is 0.300. The third-order valence-corrected chi connectivity index (χ3v) is 5.29. The minimum atomic E-state index is -0.182. The van der Waals surface area contributed by atoms with Gasteiger partial charge in [-0.25, -0.2) is 9.48 Å². The van der Waals surface area contributed by atoms with Crippen LogP contribution in [0.1, 0.15) is 37.4 Å². The molecular weight excluding hydrogens is 376 g/mol. The Morgan fingerprint density at radius 1 is 1.18 bits per heavy atom. The number of benzene rings is 2. The predicted octanol–water partition coefficient (Wildman–Crippen LogP) is 4.55. The summed E-state index contributed by atoms with van der Waals surface area (Å²) < 4.78 is 1.87. The molecule has 1 aromatic heterocycles. The highest BCUT2D eigenvalue weighted by molar-refractivity contribution is 6.30. The monoisotopic (exact) mass is 396 g/mol. The van der Waals surface area contributed by atoms with Crippen molar-refractivity contribution in [3.63, 3.8) is 0 Å². The molecule has 0 radical (unpaired) electrons. The lowest BCUT2D eigenvalue weighted by atomic mass is 10.1. The van der Waals surface area contributed by atoms with Crippen LogP contribution in [0.5, 0.6) is 0 Å². The summed E-state index contributed by atoms with van der Waals surface area (Å²) in [5, 5.41) is 15.6. The molecule has 0 saturated heterocycles. The second-order valence-corrected chi connectivity index (χ2v) is 7.46. The third kappa shape index (κ3) is 3.84. The molecule has 0 spiro atoms. The van der Waals surface area contributed by atoms with Crippen molar-refractivity contribution in [3.8, 4) is 11.4 Å². The highest BCUT2D eigenvalue weighted by Crippen LogP contribution is 2.36. The van der Waals surface area contributed by atoms with E-state index in [0.717, 1.165) is 29.8 Å². The number of halogens is 1. The minimum absolute atomic E-state index is 0.0836. The topological polar surface area (TPSA) is 75.9 Å². The first-order valence-corrected chi connectivity index (χ1v) is 9.58. The highest BCUT2D eigenvalue weighted by atomic mass is 35.5. The summed E-state index contributed by atoms with van der Waals surface area (Å²) in [7, 11) is 1.77.